The summed E-state index contributed by atoms with van der Waals surface area (Å²) in [5.74, 6) is -1.24. The Morgan fingerprint density at radius 1 is 1.17 bits per heavy atom. The highest BCUT2D eigenvalue weighted by molar-refractivity contribution is 6.31. The summed E-state index contributed by atoms with van der Waals surface area (Å²) in [6.07, 6.45) is 3.61. The van der Waals surface area contributed by atoms with Crippen molar-refractivity contribution < 1.29 is 13.5 Å². The minimum atomic E-state index is -0.719. The Morgan fingerprint density at radius 2 is 1.97 bits per heavy atom. The molecule has 1 aliphatic heterocycles. The van der Waals surface area contributed by atoms with Crippen LogP contribution in [-0.2, 0) is 13.2 Å². The molecule has 6 nitrogen and oxygen atoms in total. The first-order valence-electron chi connectivity index (χ1n) is 11.8. The van der Waals surface area contributed by atoms with E-state index in [1.807, 2.05) is 25.4 Å². The third-order valence-electron chi connectivity index (χ3n) is 6.04. The van der Waals surface area contributed by atoms with Crippen LogP contribution in [0.15, 0.2) is 65.7 Å². The number of pyridine rings is 1. The predicted octanol–water partition coefficient (Wildman–Crippen LogP) is 3.87. The number of piperazine rings is 1. The Labute approximate surface area is 214 Å². The predicted molar refractivity (Wildman–Crippen MR) is 138 cm³/mol. The molecule has 1 saturated heterocycles. The van der Waals surface area contributed by atoms with Gasteiger partial charge in [-0.15, -0.1) is 0 Å². The van der Waals surface area contributed by atoms with Gasteiger partial charge < -0.3 is 19.9 Å². The van der Waals surface area contributed by atoms with Crippen LogP contribution in [0.5, 0.6) is 5.75 Å². The number of benzene rings is 2. The first-order chi connectivity index (χ1) is 17.4. The number of hydrogen-bond donors (Lipinski definition) is 2. The van der Waals surface area contributed by atoms with Crippen LogP contribution in [-0.4, -0.2) is 49.2 Å². The van der Waals surface area contributed by atoms with Gasteiger partial charge in [0.15, 0.2) is 0 Å². The van der Waals surface area contributed by atoms with Crippen molar-refractivity contribution in [2.75, 3.05) is 39.8 Å². The second-order valence-electron chi connectivity index (χ2n) is 8.64. The Balaban J connectivity index is 1.48. The van der Waals surface area contributed by atoms with E-state index in [4.69, 9.17) is 16.3 Å². The Bertz CT molecular complexity index is 1290. The quantitative estimate of drug-likeness (QED) is 0.454. The molecule has 2 N–H and O–H groups in total. The van der Waals surface area contributed by atoms with Gasteiger partial charge in [0.1, 0.15) is 29.0 Å². The monoisotopic (exact) mass is 514 g/mol. The van der Waals surface area contributed by atoms with Crippen molar-refractivity contribution in [1.82, 2.24) is 20.1 Å². The first-order valence-corrected chi connectivity index (χ1v) is 12.2. The van der Waals surface area contributed by atoms with Gasteiger partial charge in [-0.2, -0.15) is 0 Å². The maximum Gasteiger partial charge on any atom is 0.273 e. The number of aromatic nitrogens is 1. The van der Waals surface area contributed by atoms with E-state index < -0.39 is 17.2 Å². The number of rotatable bonds is 9. The summed E-state index contributed by atoms with van der Waals surface area (Å²) in [4.78, 5) is 15.3. The van der Waals surface area contributed by atoms with Crippen molar-refractivity contribution in [3.8, 4) is 5.75 Å². The number of halogens is 3. The fraction of sp³-hybridized carbons (Fsp3) is 0.296. The van der Waals surface area contributed by atoms with Crippen molar-refractivity contribution >= 4 is 17.2 Å². The van der Waals surface area contributed by atoms with Crippen LogP contribution in [0.2, 0.25) is 5.02 Å². The zero-order valence-electron chi connectivity index (χ0n) is 20.1. The van der Waals surface area contributed by atoms with Gasteiger partial charge in [-0.05, 0) is 41.0 Å². The maximum atomic E-state index is 13.9. The van der Waals surface area contributed by atoms with Crippen molar-refractivity contribution in [3.63, 3.8) is 0 Å². The van der Waals surface area contributed by atoms with Crippen LogP contribution in [0.1, 0.15) is 16.7 Å². The first kappa shape index (κ1) is 25.9. The lowest BCUT2D eigenvalue weighted by atomic mass is 10.0. The molecule has 1 fully saturated rings. The Kier molecular flexibility index (Phi) is 8.74. The molecule has 0 radical (unpaired) electrons. The molecule has 0 bridgehead atoms. The Morgan fingerprint density at radius 3 is 2.72 bits per heavy atom. The smallest absolute Gasteiger partial charge is 0.273 e. The second-order valence-corrected chi connectivity index (χ2v) is 9.01. The zero-order chi connectivity index (χ0) is 25.5. The molecule has 1 aromatic heterocycles. The lowest BCUT2D eigenvalue weighted by Gasteiger charge is -2.28. The fourth-order valence-corrected chi connectivity index (χ4v) is 4.36. The molecule has 0 saturated carbocycles. The summed E-state index contributed by atoms with van der Waals surface area (Å²) in [5.41, 5.74) is 2.96. The Hall–Kier alpha value is -3.20. The molecule has 9 heteroatoms. The summed E-state index contributed by atoms with van der Waals surface area (Å²) >= 11 is 6.29. The molecule has 0 atom stereocenters. The van der Waals surface area contributed by atoms with Crippen LogP contribution in [0.3, 0.4) is 0 Å². The third-order valence-corrected chi connectivity index (χ3v) is 6.39. The van der Waals surface area contributed by atoms with Gasteiger partial charge >= 0.3 is 0 Å². The molecular weight excluding hydrogens is 486 g/mol. The average molecular weight is 515 g/mol. The molecule has 190 valence electrons. The van der Waals surface area contributed by atoms with Crippen LogP contribution in [0, 0.1) is 11.6 Å². The SMILES string of the molecule is CN/C=C(/CN1CCNCC1)c1cccc(Cn2ccc(OCc3ccc(F)cc3F)c(Cl)c2=O)c1. The van der Waals surface area contributed by atoms with Crippen molar-refractivity contribution in [2.45, 2.75) is 13.2 Å². The van der Waals surface area contributed by atoms with E-state index in [0.29, 0.717) is 6.54 Å². The lowest BCUT2D eigenvalue weighted by molar-refractivity contribution is 0.268. The average Bonchev–Trinajstić information content (AvgIpc) is 2.88. The third kappa shape index (κ3) is 6.51. The summed E-state index contributed by atoms with van der Waals surface area (Å²) in [7, 11) is 1.89. The maximum absolute atomic E-state index is 13.9. The van der Waals surface area contributed by atoms with Gasteiger partial charge in [-0.3, -0.25) is 9.69 Å². The molecular formula is C27H29ClF2N4O2. The van der Waals surface area contributed by atoms with E-state index in [1.165, 1.54) is 16.2 Å². The molecule has 0 amide bonds. The van der Waals surface area contributed by atoms with Gasteiger partial charge in [0, 0.05) is 63.8 Å². The number of nitrogens with one attached hydrogen (secondary N) is 2. The van der Waals surface area contributed by atoms with Crippen LogP contribution in [0.25, 0.3) is 5.57 Å². The molecule has 0 unspecified atom stereocenters. The second kappa shape index (κ2) is 12.2. The minimum absolute atomic E-state index is 0.0920. The highest BCUT2D eigenvalue weighted by Gasteiger charge is 2.14. The van der Waals surface area contributed by atoms with Crippen LogP contribution in [0.4, 0.5) is 8.78 Å². The summed E-state index contributed by atoms with van der Waals surface area (Å²) in [5, 5.41) is 6.42. The molecule has 36 heavy (non-hydrogen) atoms. The summed E-state index contributed by atoms with van der Waals surface area (Å²) in [6.45, 7) is 4.95. The summed E-state index contributed by atoms with van der Waals surface area (Å²) in [6, 6.07) is 12.9. The molecule has 2 heterocycles. The van der Waals surface area contributed by atoms with E-state index in [0.717, 1.165) is 56.0 Å². The van der Waals surface area contributed by atoms with E-state index in [-0.39, 0.29) is 22.9 Å². The highest BCUT2D eigenvalue weighted by Crippen LogP contribution is 2.23. The van der Waals surface area contributed by atoms with E-state index in [9.17, 15) is 13.6 Å². The van der Waals surface area contributed by atoms with Gasteiger partial charge in [-0.1, -0.05) is 29.8 Å². The molecule has 0 spiro atoms. The van der Waals surface area contributed by atoms with E-state index in [2.05, 4.69) is 27.7 Å². The molecule has 4 rings (SSSR count). The lowest BCUT2D eigenvalue weighted by Crippen LogP contribution is -2.44. The van der Waals surface area contributed by atoms with Gasteiger partial charge in [0.05, 0.1) is 6.54 Å². The summed E-state index contributed by atoms with van der Waals surface area (Å²) < 4.78 is 34.0. The van der Waals surface area contributed by atoms with Crippen molar-refractivity contribution in [3.05, 3.63) is 105 Å². The standard InChI is InChI=1S/C27H29ClF2N4O2/c1-31-15-22(17-33-11-8-32-9-12-33)20-4-2-3-19(13-20)16-34-10-7-25(26(28)27(34)35)36-18-21-5-6-23(29)14-24(21)30/h2-7,10,13-15,31-32H,8-9,11-12,16-18H2,1H3/b22-15-. The number of hydrogen-bond acceptors (Lipinski definition) is 5. The topological polar surface area (TPSA) is 58.5 Å². The molecule has 3 aromatic rings. The molecule has 0 aliphatic carbocycles. The fourth-order valence-electron chi connectivity index (χ4n) is 4.13. The largest absolute Gasteiger partial charge is 0.487 e. The highest BCUT2D eigenvalue weighted by atomic mass is 35.5. The zero-order valence-corrected chi connectivity index (χ0v) is 20.8. The van der Waals surface area contributed by atoms with E-state index >= 15 is 0 Å². The molecule has 2 aromatic carbocycles. The number of ether oxygens (including phenoxy) is 1. The van der Waals surface area contributed by atoms with E-state index in [1.54, 1.807) is 12.3 Å². The van der Waals surface area contributed by atoms with Crippen molar-refractivity contribution in [1.29, 1.82) is 0 Å². The molecule has 1 aliphatic rings. The van der Waals surface area contributed by atoms with Gasteiger partial charge in [0.25, 0.3) is 5.56 Å². The normalized spacial score (nSPS) is 14.6. The van der Waals surface area contributed by atoms with Crippen molar-refractivity contribution in [2.24, 2.45) is 0 Å². The van der Waals surface area contributed by atoms with Gasteiger partial charge in [-0.25, -0.2) is 8.78 Å². The minimum Gasteiger partial charge on any atom is -0.487 e. The van der Waals surface area contributed by atoms with Crippen LogP contribution >= 0.6 is 11.6 Å². The number of nitrogens with zero attached hydrogens (tertiary/aromatic N) is 2. The van der Waals surface area contributed by atoms with Crippen LogP contribution < -0.4 is 20.9 Å². The van der Waals surface area contributed by atoms with Gasteiger partial charge in [0.2, 0.25) is 0 Å².